The van der Waals surface area contributed by atoms with Crippen molar-refractivity contribution in [1.29, 1.82) is 0 Å². The molecule has 3 aromatic rings. The lowest BCUT2D eigenvalue weighted by Gasteiger charge is -2.35. The Morgan fingerprint density at radius 1 is 1.09 bits per heavy atom. The number of aryl methyl sites for hydroxylation is 1. The topological polar surface area (TPSA) is 121 Å². The summed E-state index contributed by atoms with van der Waals surface area (Å²) in [5.74, 6) is 0.509. The molecule has 1 saturated heterocycles. The van der Waals surface area contributed by atoms with Gasteiger partial charge in [-0.15, -0.1) is 0 Å². The van der Waals surface area contributed by atoms with Gasteiger partial charge in [0.1, 0.15) is 5.82 Å². The summed E-state index contributed by atoms with van der Waals surface area (Å²) < 4.78 is 5.35. The van der Waals surface area contributed by atoms with Crippen LogP contribution in [0.4, 0.5) is 5.95 Å². The molecule has 1 amide bonds. The van der Waals surface area contributed by atoms with Crippen molar-refractivity contribution >= 4 is 28.7 Å². The fourth-order valence-corrected chi connectivity index (χ4v) is 3.80. The largest absolute Gasteiger partial charge is 0.453 e. The second kappa shape index (κ2) is 10.2. The number of ether oxygens (including phenoxy) is 1. The van der Waals surface area contributed by atoms with Crippen LogP contribution in [0.1, 0.15) is 25.6 Å². The number of benzene rings is 1. The first-order valence-electron chi connectivity index (χ1n) is 11.0. The monoisotopic (exact) mass is 450 g/mol. The highest BCUT2D eigenvalue weighted by Gasteiger charge is 2.27. The lowest BCUT2D eigenvalue weighted by atomic mass is 10.2. The van der Waals surface area contributed by atoms with Gasteiger partial charge in [-0.3, -0.25) is 14.4 Å². The number of aromatic nitrogens is 4. The molecule has 0 saturated carbocycles. The first kappa shape index (κ1) is 22.4. The van der Waals surface area contributed by atoms with Crippen LogP contribution in [0.25, 0.3) is 10.9 Å². The van der Waals surface area contributed by atoms with Crippen LogP contribution in [0.5, 0.6) is 0 Å². The first-order chi connectivity index (χ1) is 16.0. The number of para-hydroxylation sites is 1. The summed E-state index contributed by atoms with van der Waals surface area (Å²) in [4.78, 5) is 56.4. The molecule has 4 rings (SSSR count). The molecule has 1 aromatic carbocycles. The maximum Gasteiger partial charge on any atom is 0.306 e. The number of nitrogens with one attached hydrogen (secondary N) is 1. The fraction of sp³-hybridized carbons (Fsp3) is 0.391. The summed E-state index contributed by atoms with van der Waals surface area (Å²) in [6, 6.07) is 8.87. The standard InChI is InChI=1S/C23H26N6O4/c1-16(22(32)28-12-14-29(15-13-28)23-24-10-5-11-25-23)33-20(30)9-4-8-19-26-18-7-3-2-6-17(18)21(31)27-19/h2-3,5-7,10-11,16H,4,8-9,12-15H2,1H3,(H,26,27,31). The molecule has 33 heavy (non-hydrogen) atoms. The van der Waals surface area contributed by atoms with Crippen LogP contribution >= 0.6 is 0 Å². The van der Waals surface area contributed by atoms with Gasteiger partial charge in [0, 0.05) is 51.4 Å². The summed E-state index contributed by atoms with van der Waals surface area (Å²) >= 11 is 0. The zero-order valence-electron chi connectivity index (χ0n) is 18.4. The zero-order chi connectivity index (χ0) is 23.2. The molecular formula is C23H26N6O4. The smallest absolute Gasteiger partial charge is 0.306 e. The lowest BCUT2D eigenvalue weighted by molar-refractivity contribution is -0.159. The summed E-state index contributed by atoms with van der Waals surface area (Å²) in [5, 5.41) is 0.533. The number of piperazine rings is 1. The molecule has 1 N–H and O–H groups in total. The summed E-state index contributed by atoms with van der Waals surface area (Å²) in [6.07, 6.45) is 3.55. The minimum absolute atomic E-state index is 0.132. The van der Waals surface area contributed by atoms with E-state index in [0.29, 0.717) is 61.7 Å². The molecule has 1 aliphatic rings. The molecule has 0 bridgehead atoms. The second-order valence-electron chi connectivity index (χ2n) is 7.88. The van der Waals surface area contributed by atoms with Gasteiger partial charge in [-0.25, -0.2) is 15.0 Å². The summed E-state index contributed by atoms with van der Waals surface area (Å²) in [6.45, 7) is 3.86. The molecule has 3 heterocycles. The number of hydrogen-bond donors (Lipinski definition) is 1. The molecule has 172 valence electrons. The Labute approximate surface area is 190 Å². The predicted octanol–water partition coefficient (Wildman–Crippen LogP) is 1.32. The molecule has 1 atom stereocenters. The van der Waals surface area contributed by atoms with Gasteiger partial charge < -0.3 is 19.5 Å². The van der Waals surface area contributed by atoms with Gasteiger partial charge in [0.2, 0.25) is 5.95 Å². The van der Waals surface area contributed by atoms with E-state index in [4.69, 9.17) is 4.74 Å². The molecular weight excluding hydrogens is 424 g/mol. The van der Waals surface area contributed by atoms with E-state index < -0.39 is 12.1 Å². The molecule has 10 heteroatoms. The first-order valence-corrected chi connectivity index (χ1v) is 11.0. The van der Waals surface area contributed by atoms with Crippen LogP contribution in [0.15, 0.2) is 47.5 Å². The maximum absolute atomic E-state index is 12.7. The molecule has 0 radical (unpaired) electrons. The fourth-order valence-electron chi connectivity index (χ4n) is 3.80. The Bertz CT molecular complexity index is 1170. The van der Waals surface area contributed by atoms with Crippen LogP contribution in [0, 0.1) is 0 Å². The number of amides is 1. The van der Waals surface area contributed by atoms with E-state index in [1.165, 1.54) is 0 Å². The third kappa shape index (κ3) is 5.51. The van der Waals surface area contributed by atoms with Gasteiger partial charge in [0.25, 0.3) is 11.5 Å². The highest BCUT2D eigenvalue weighted by Crippen LogP contribution is 2.12. The van der Waals surface area contributed by atoms with E-state index in [1.807, 2.05) is 11.0 Å². The van der Waals surface area contributed by atoms with Crippen LogP contribution < -0.4 is 10.5 Å². The van der Waals surface area contributed by atoms with Crippen molar-refractivity contribution in [2.45, 2.75) is 32.3 Å². The van der Waals surface area contributed by atoms with Gasteiger partial charge in [-0.2, -0.15) is 0 Å². The molecule has 10 nitrogen and oxygen atoms in total. The Balaban J connectivity index is 1.22. The summed E-state index contributed by atoms with van der Waals surface area (Å²) in [7, 11) is 0. The van der Waals surface area contributed by atoms with Crippen molar-refractivity contribution in [3.8, 4) is 0 Å². The van der Waals surface area contributed by atoms with Gasteiger partial charge >= 0.3 is 5.97 Å². The molecule has 0 aliphatic carbocycles. The normalized spacial score (nSPS) is 14.8. The minimum atomic E-state index is -0.851. The Hall–Kier alpha value is -3.82. The van der Waals surface area contributed by atoms with Crippen molar-refractivity contribution in [3.05, 3.63) is 58.9 Å². The zero-order valence-corrected chi connectivity index (χ0v) is 18.4. The Morgan fingerprint density at radius 3 is 2.58 bits per heavy atom. The van der Waals surface area contributed by atoms with Crippen LogP contribution in [0.2, 0.25) is 0 Å². The Kier molecular flexibility index (Phi) is 6.92. The Morgan fingerprint density at radius 2 is 1.82 bits per heavy atom. The molecule has 2 aromatic heterocycles. The molecule has 0 spiro atoms. The van der Waals surface area contributed by atoms with Crippen molar-refractivity contribution in [2.75, 3.05) is 31.1 Å². The van der Waals surface area contributed by atoms with E-state index in [-0.39, 0.29) is 17.9 Å². The van der Waals surface area contributed by atoms with Crippen molar-refractivity contribution in [3.63, 3.8) is 0 Å². The van der Waals surface area contributed by atoms with Crippen LogP contribution in [-0.4, -0.2) is 69.0 Å². The number of carbonyl (C=O) groups excluding carboxylic acids is 2. The minimum Gasteiger partial charge on any atom is -0.453 e. The van der Waals surface area contributed by atoms with Gasteiger partial charge in [0.05, 0.1) is 10.9 Å². The van der Waals surface area contributed by atoms with Gasteiger partial charge in [-0.05, 0) is 31.5 Å². The second-order valence-corrected chi connectivity index (χ2v) is 7.88. The third-order valence-corrected chi connectivity index (χ3v) is 5.54. The van der Waals surface area contributed by atoms with Gasteiger partial charge in [-0.1, -0.05) is 12.1 Å². The number of nitrogens with zero attached hydrogens (tertiary/aromatic N) is 5. The SMILES string of the molecule is CC(OC(=O)CCCc1nc2ccccc2c(=O)[nH]1)C(=O)N1CCN(c2ncccn2)CC1. The number of hydrogen-bond acceptors (Lipinski definition) is 8. The number of H-pyrrole nitrogens is 1. The van der Waals surface area contributed by atoms with Crippen LogP contribution in [-0.2, 0) is 20.7 Å². The van der Waals surface area contributed by atoms with Crippen molar-refractivity contribution in [2.24, 2.45) is 0 Å². The number of esters is 1. The highest BCUT2D eigenvalue weighted by molar-refractivity contribution is 5.83. The molecule has 1 fully saturated rings. The number of carbonyl (C=O) groups is 2. The third-order valence-electron chi connectivity index (χ3n) is 5.54. The van der Waals surface area contributed by atoms with E-state index in [0.717, 1.165) is 0 Å². The van der Waals surface area contributed by atoms with E-state index in [2.05, 4.69) is 19.9 Å². The molecule has 1 aliphatic heterocycles. The number of fused-ring (bicyclic) bond motifs is 1. The number of rotatable bonds is 7. The molecule has 1 unspecified atom stereocenters. The van der Waals surface area contributed by atoms with E-state index in [1.54, 1.807) is 48.5 Å². The average Bonchev–Trinajstić information content (AvgIpc) is 2.84. The van der Waals surface area contributed by atoms with E-state index >= 15 is 0 Å². The number of aromatic amines is 1. The van der Waals surface area contributed by atoms with Gasteiger partial charge in [0.15, 0.2) is 6.10 Å². The number of anilines is 1. The lowest BCUT2D eigenvalue weighted by Crippen LogP contribution is -2.52. The van der Waals surface area contributed by atoms with Crippen LogP contribution in [0.3, 0.4) is 0 Å². The maximum atomic E-state index is 12.7. The quantitative estimate of drug-likeness (QED) is 0.535. The highest BCUT2D eigenvalue weighted by atomic mass is 16.5. The van der Waals surface area contributed by atoms with E-state index in [9.17, 15) is 14.4 Å². The summed E-state index contributed by atoms with van der Waals surface area (Å²) in [5.41, 5.74) is 0.424. The predicted molar refractivity (Wildman–Crippen MR) is 122 cm³/mol. The van der Waals surface area contributed by atoms with Crippen molar-refractivity contribution in [1.82, 2.24) is 24.8 Å². The average molecular weight is 450 g/mol. The van der Waals surface area contributed by atoms with Crippen molar-refractivity contribution < 1.29 is 14.3 Å².